The molecule has 1 aromatic rings. The number of thioether (sulfide) groups is 1. The normalized spacial score (nSPS) is 13.1. The first-order chi connectivity index (χ1) is 7.08. The van der Waals surface area contributed by atoms with Gasteiger partial charge in [0, 0.05) is 11.8 Å². The summed E-state index contributed by atoms with van der Waals surface area (Å²) >= 11 is 1.89. The van der Waals surface area contributed by atoms with Gasteiger partial charge >= 0.3 is 0 Å². The van der Waals surface area contributed by atoms with Crippen LogP contribution in [0.15, 0.2) is 24.3 Å². The van der Waals surface area contributed by atoms with E-state index in [-0.39, 0.29) is 6.04 Å². The number of phenolic OH excluding ortho intramolecular Hbond substituents is 1. The third-order valence-corrected chi connectivity index (χ3v) is 3.37. The van der Waals surface area contributed by atoms with Crippen LogP contribution in [0.2, 0.25) is 0 Å². The van der Waals surface area contributed by atoms with Crippen LogP contribution in [0.25, 0.3) is 0 Å². The summed E-state index contributed by atoms with van der Waals surface area (Å²) in [5, 5.41) is 9.77. The molecular weight excluding hydrogens is 206 g/mol. The monoisotopic (exact) mass is 225 g/mol. The minimum atomic E-state index is 0.196. The fourth-order valence-electron chi connectivity index (χ4n) is 1.31. The molecule has 0 saturated carbocycles. The lowest BCUT2D eigenvalue weighted by Gasteiger charge is -2.12. The quantitative estimate of drug-likeness (QED) is 0.809. The van der Waals surface area contributed by atoms with Crippen LogP contribution in [0.4, 0.5) is 0 Å². The van der Waals surface area contributed by atoms with E-state index in [1.165, 1.54) is 5.56 Å². The van der Waals surface area contributed by atoms with Crippen molar-refractivity contribution in [3.05, 3.63) is 29.8 Å². The van der Waals surface area contributed by atoms with Gasteiger partial charge in [-0.3, -0.25) is 0 Å². The van der Waals surface area contributed by atoms with Crippen molar-refractivity contribution in [1.82, 2.24) is 0 Å². The molecule has 0 amide bonds. The zero-order chi connectivity index (χ0) is 11.3. The number of phenols is 1. The molecule has 0 aliphatic rings. The molecule has 0 aliphatic heterocycles. The average Bonchev–Trinajstić information content (AvgIpc) is 2.19. The molecule has 0 aromatic heterocycles. The largest absolute Gasteiger partial charge is 0.508 e. The Labute approximate surface area is 95.9 Å². The Morgan fingerprint density at radius 2 is 1.87 bits per heavy atom. The first-order valence-electron chi connectivity index (χ1n) is 5.23. The highest BCUT2D eigenvalue weighted by atomic mass is 32.2. The summed E-state index contributed by atoms with van der Waals surface area (Å²) in [6.45, 7) is 4.36. The molecule has 15 heavy (non-hydrogen) atoms. The van der Waals surface area contributed by atoms with E-state index in [4.69, 9.17) is 10.8 Å². The van der Waals surface area contributed by atoms with E-state index in [9.17, 15) is 0 Å². The van der Waals surface area contributed by atoms with Crippen LogP contribution in [0.3, 0.4) is 0 Å². The maximum atomic E-state index is 9.13. The molecule has 0 heterocycles. The van der Waals surface area contributed by atoms with Gasteiger partial charge in [-0.15, -0.1) is 0 Å². The summed E-state index contributed by atoms with van der Waals surface area (Å²) in [5.41, 5.74) is 7.19. The fourth-order valence-corrected chi connectivity index (χ4v) is 2.06. The minimum Gasteiger partial charge on any atom is -0.508 e. The number of rotatable bonds is 5. The van der Waals surface area contributed by atoms with E-state index >= 15 is 0 Å². The van der Waals surface area contributed by atoms with Gasteiger partial charge in [0.25, 0.3) is 0 Å². The summed E-state index contributed by atoms with van der Waals surface area (Å²) in [5.74, 6) is 1.29. The molecule has 2 nitrogen and oxygen atoms in total. The molecule has 3 heteroatoms. The minimum absolute atomic E-state index is 0.196. The maximum absolute atomic E-state index is 9.13. The van der Waals surface area contributed by atoms with E-state index in [0.717, 1.165) is 12.2 Å². The zero-order valence-electron chi connectivity index (χ0n) is 9.31. The Kier molecular flexibility index (Phi) is 4.99. The average molecular weight is 225 g/mol. The second-order valence-corrected chi connectivity index (χ2v) is 5.62. The van der Waals surface area contributed by atoms with E-state index in [0.29, 0.717) is 11.0 Å². The third-order valence-electron chi connectivity index (χ3n) is 2.08. The van der Waals surface area contributed by atoms with Crippen LogP contribution in [0, 0.1) is 0 Å². The predicted octanol–water partition coefficient (Wildman–Crippen LogP) is 2.40. The molecule has 3 N–H and O–H groups in total. The van der Waals surface area contributed by atoms with E-state index < -0.39 is 0 Å². The summed E-state index contributed by atoms with van der Waals surface area (Å²) in [7, 11) is 0. The molecule has 0 spiro atoms. The standard InChI is InChI=1S/C12H19NOS/c1-9(2)15-8-11(13)7-10-3-5-12(14)6-4-10/h3-6,9,11,14H,7-8,13H2,1-2H3. The highest BCUT2D eigenvalue weighted by molar-refractivity contribution is 7.99. The van der Waals surface area contributed by atoms with Gasteiger partial charge in [0.1, 0.15) is 5.75 Å². The van der Waals surface area contributed by atoms with Gasteiger partial charge in [-0.2, -0.15) is 11.8 Å². The lowest BCUT2D eigenvalue weighted by molar-refractivity contribution is 0.475. The lowest BCUT2D eigenvalue weighted by atomic mass is 10.1. The Morgan fingerprint density at radius 3 is 2.40 bits per heavy atom. The van der Waals surface area contributed by atoms with Crippen LogP contribution in [0.5, 0.6) is 5.75 Å². The van der Waals surface area contributed by atoms with Crippen LogP contribution in [-0.4, -0.2) is 22.2 Å². The SMILES string of the molecule is CC(C)SCC(N)Cc1ccc(O)cc1. The number of benzene rings is 1. The first-order valence-corrected chi connectivity index (χ1v) is 6.28. The molecule has 0 aliphatic carbocycles. The van der Waals surface area contributed by atoms with E-state index in [1.54, 1.807) is 12.1 Å². The second-order valence-electron chi connectivity index (χ2n) is 4.01. The van der Waals surface area contributed by atoms with Gasteiger partial charge in [-0.05, 0) is 29.4 Å². The molecule has 0 bridgehead atoms. The predicted molar refractivity (Wildman–Crippen MR) is 67.4 cm³/mol. The van der Waals surface area contributed by atoms with Crippen molar-refractivity contribution >= 4 is 11.8 Å². The Hall–Kier alpha value is -0.670. The molecule has 0 saturated heterocycles. The molecule has 1 unspecified atom stereocenters. The molecule has 1 atom stereocenters. The number of aromatic hydroxyl groups is 1. The molecule has 1 rings (SSSR count). The molecule has 1 aromatic carbocycles. The van der Waals surface area contributed by atoms with Crippen molar-refractivity contribution in [2.45, 2.75) is 31.6 Å². The van der Waals surface area contributed by atoms with Gasteiger partial charge < -0.3 is 10.8 Å². The van der Waals surface area contributed by atoms with Gasteiger partial charge in [-0.25, -0.2) is 0 Å². The van der Waals surface area contributed by atoms with Crippen LogP contribution in [0.1, 0.15) is 19.4 Å². The summed E-state index contributed by atoms with van der Waals surface area (Å²) in [4.78, 5) is 0. The highest BCUT2D eigenvalue weighted by Gasteiger charge is 2.05. The molecular formula is C12H19NOS. The van der Waals surface area contributed by atoms with E-state index in [1.807, 2.05) is 23.9 Å². The van der Waals surface area contributed by atoms with Crippen molar-refractivity contribution in [3.63, 3.8) is 0 Å². The summed E-state index contributed by atoms with van der Waals surface area (Å²) < 4.78 is 0. The van der Waals surface area contributed by atoms with Crippen LogP contribution < -0.4 is 5.73 Å². The fraction of sp³-hybridized carbons (Fsp3) is 0.500. The molecule has 0 fully saturated rings. The Morgan fingerprint density at radius 1 is 1.27 bits per heavy atom. The topological polar surface area (TPSA) is 46.2 Å². The number of hydrogen-bond acceptors (Lipinski definition) is 3. The third kappa shape index (κ3) is 5.09. The maximum Gasteiger partial charge on any atom is 0.115 e. The van der Waals surface area contributed by atoms with Crippen LogP contribution >= 0.6 is 11.8 Å². The van der Waals surface area contributed by atoms with Gasteiger partial charge in [0.2, 0.25) is 0 Å². The Bertz CT molecular complexity index is 284. The van der Waals surface area contributed by atoms with E-state index in [2.05, 4.69) is 13.8 Å². The van der Waals surface area contributed by atoms with Gasteiger partial charge in [-0.1, -0.05) is 26.0 Å². The van der Waals surface area contributed by atoms with Crippen LogP contribution in [-0.2, 0) is 6.42 Å². The highest BCUT2D eigenvalue weighted by Crippen LogP contribution is 2.14. The lowest BCUT2D eigenvalue weighted by Crippen LogP contribution is -2.26. The van der Waals surface area contributed by atoms with Gasteiger partial charge in [0.15, 0.2) is 0 Å². The summed E-state index contributed by atoms with van der Waals surface area (Å²) in [6, 6.07) is 7.46. The smallest absolute Gasteiger partial charge is 0.115 e. The van der Waals surface area contributed by atoms with Crippen molar-refractivity contribution < 1.29 is 5.11 Å². The van der Waals surface area contributed by atoms with Crippen molar-refractivity contribution in [1.29, 1.82) is 0 Å². The van der Waals surface area contributed by atoms with Crippen molar-refractivity contribution in [2.75, 3.05) is 5.75 Å². The first kappa shape index (κ1) is 12.4. The number of hydrogen-bond donors (Lipinski definition) is 2. The van der Waals surface area contributed by atoms with Gasteiger partial charge in [0.05, 0.1) is 0 Å². The Balaban J connectivity index is 2.37. The molecule has 84 valence electrons. The summed E-state index contributed by atoms with van der Waals surface area (Å²) in [6.07, 6.45) is 0.875. The number of nitrogens with two attached hydrogens (primary N) is 1. The zero-order valence-corrected chi connectivity index (χ0v) is 10.1. The van der Waals surface area contributed by atoms with Crippen molar-refractivity contribution in [2.24, 2.45) is 5.73 Å². The second kappa shape index (κ2) is 6.03. The van der Waals surface area contributed by atoms with Crippen molar-refractivity contribution in [3.8, 4) is 5.75 Å². The molecule has 0 radical (unpaired) electrons.